The standard InChI is InChI=1S/2H3N.H2O2.Ti/c;;1-2;/h2*1H3;1-2H;. The number of hydrogen-bond acceptors (Lipinski definition) is 4. The van der Waals surface area contributed by atoms with E-state index < -0.39 is 0 Å². The van der Waals surface area contributed by atoms with E-state index in [1.165, 1.54) is 0 Å². The summed E-state index contributed by atoms with van der Waals surface area (Å²) in [6, 6.07) is 0. The van der Waals surface area contributed by atoms with E-state index in [-0.39, 0.29) is 34.0 Å². The molecule has 0 amide bonds. The first kappa shape index (κ1) is 47.7. The van der Waals surface area contributed by atoms with Crippen LogP contribution in [0.15, 0.2) is 0 Å². The molecule has 0 heterocycles. The minimum atomic E-state index is 0. The zero-order valence-corrected chi connectivity index (χ0v) is 4.37. The zero-order chi connectivity index (χ0) is 2.00. The molecule has 8 N–H and O–H groups in total. The maximum atomic E-state index is 6.00. The van der Waals surface area contributed by atoms with Gasteiger partial charge >= 0.3 is 0 Å². The molecule has 0 rings (SSSR count). The quantitative estimate of drug-likeness (QED) is 0.207. The van der Waals surface area contributed by atoms with E-state index in [0.29, 0.717) is 0 Å². The Kier molecular flexibility index (Phi) is 1790. The normalized spacial score (nSPS) is 1.20. The van der Waals surface area contributed by atoms with E-state index in [0.717, 1.165) is 0 Å². The van der Waals surface area contributed by atoms with Crippen LogP contribution in [0.5, 0.6) is 0 Å². The summed E-state index contributed by atoms with van der Waals surface area (Å²) in [7, 11) is 0. The number of rotatable bonds is 0. The minimum absolute atomic E-state index is 0. The zero-order valence-electron chi connectivity index (χ0n) is 2.81. The Labute approximate surface area is 45.2 Å². The predicted octanol–water partition coefficient (Wildman–Crippen LogP) is 0.339. The van der Waals surface area contributed by atoms with Crippen molar-refractivity contribution in [3.8, 4) is 0 Å². The third-order valence-corrected chi connectivity index (χ3v) is 0. The van der Waals surface area contributed by atoms with Gasteiger partial charge in [-0.1, -0.05) is 0 Å². The molecule has 34 valence electrons. The molecule has 5 heavy (non-hydrogen) atoms. The van der Waals surface area contributed by atoms with Crippen molar-refractivity contribution < 1.29 is 32.2 Å². The summed E-state index contributed by atoms with van der Waals surface area (Å²) in [5.41, 5.74) is 0. The summed E-state index contributed by atoms with van der Waals surface area (Å²) in [6.45, 7) is 0. The van der Waals surface area contributed by atoms with E-state index in [9.17, 15) is 0 Å². The molecule has 0 bridgehead atoms. The Balaban J connectivity index is -0.00000000167. The molecular formula is H8N2O2Ti. The average Bonchev–Trinajstić information content (AvgIpc) is 1.00. The molecule has 0 fully saturated rings. The van der Waals surface area contributed by atoms with Crippen molar-refractivity contribution in [2.75, 3.05) is 0 Å². The van der Waals surface area contributed by atoms with Crippen LogP contribution in [0.2, 0.25) is 0 Å². The first-order chi connectivity index (χ1) is 1.00. The first-order valence-corrected chi connectivity index (χ1v) is 0.200. The van der Waals surface area contributed by atoms with Crippen molar-refractivity contribution in [3.63, 3.8) is 0 Å². The monoisotopic (exact) mass is 116 g/mol. The van der Waals surface area contributed by atoms with Crippen molar-refractivity contribution in [2.24, 2.45) is 0 Å². The van der Waals surface area contributed by atoms with Gasteiger partial charge in [-0.05, 0) is 0 Å². The van der Waals surface area contributed by atoms with Gasteiger partial charge < -0.3 is 12.3 Å². The Bertz CT molecular complexity index is 7.61. The van der Waals surface area contributed by atoms with Crippen molar-refractivity contribution >= 4 is 0 Å². The van der Waals surface area contributed by atoms with Gasteiger partial charge in [-0.3, -0.25) is 10.5 Å². The fourth-order valence-electron chi connectivity index (χ4n) is 0. The maximum Gasteiger partial charge on any atom is 0 e. The van der Waals surface area contributed by atoms with Crippen LogP contribution in [0, 0.1) is 0 Å². The smallest absolute Gasteiger partial charge is 0 e. The van der Waals surface area contributed by atoms with Crippen molar-refractivity contribution in [3.05, 3.63) is 0 Å². The third kappa shape index (κ3) is 96.7. The molecule has 4 nitrogen and oxygen atoms in total. The average molecular weight is 116 g/mol. The van der Waals surface area contributed by atoms with Crippen LogP contribution < -0.4 is 12.3 Å². The van der Waals surface area contributed by atoms with Gasteiger partial charge in [-0.15, -0.1) is 0 Å². The second-order valence-corrected chi connectivity index (χ2v) is 0. The van der Waals surface area contributed by atoms with E-state index in [4.69, 9.17) is 10.5 Å². The molecule has 0 aromatic carbocycles. The minimum Gasteiger partial charge on any atom is -0.344 e. The van der Waals surface area contributed by atoms with Crippen LogP contribution in [0.3, 0.4) is 0 Å². The Morgan fingerprint density at radius 1 is 0.800 bits per heavy atom. The Morgan fingerprint density at radius 3 is 0.800 bits per heavy atom. The summed E-state index contributed by atoms with van der Waals surface area (Å²) in [4.78, 5) is 0. The van der Waals surface area contributed by atoms with Crippen molar-refractivity contribution in [2.45, 2.75) is 0 Å². The largest absolute Gasteiger partial charge is 0.344 e. The fraction of sp³-hybridized carbons (Fsp3) is 0. The fourth-order valence-corrected chi connectivity index (χ4v) is 0. The molecule has 0 aliphatic heterocycles. The molecule has 0 spiro atoms. The molecule has 0 saturated carbocycles. The summed E-state index contributed by atoms with van der Waals surface area (Å²) in [5, 5.41) is 12.0. The van der Waals surface area contributed by atoms with Gasteiger partial charge in [-0.2, -0.15) is 0 Å². The number of hydrogen-bond donors (Lipinski definition) is 4. The molecule has 0 unspecified atom stereocenters. The first-order valence-electron chi connectivity index (χ1n) is 0.200. The van der Waals surface area contributed by atoms with Gasteiger partial charge in [0.05, 0.1) is 0 Å². The molecule has 0 aliphatic carbocycles. The van der Waals surface area contributed by atoms with Gasteiger partial charge in [0.1, 0.15) is 0 Å². The Morgan fingerprint density at radius 2 is 0.800 bits per heavy atom. The van der Waals surface area contributed by atoms with Crippen LogP contribution in [-0.2, 0) is 21.7 Å². The van der Waals surface area contributed by atoms with Crippen molar-refractivity contribution in [1.29, 1.82) is 0 Å². The van der Waals surface area contributed by atoms with Crippen molar-refractivity contribution in [1.82, 2.24) is 12.3 Å². The van der Waals surface area contributed by atoms with Gasteiger partial charge in [0.15, 0.2) is 0 Å². The van der Waals surface area contributed by atoms with E-state index in [1.807, 2.05) is 0 Å². The summed E-state index contributed by atoms with van der Waals surface area (Å²) < 4.78 is 0. The van der Waals surface area contributed by atoms with Gasteiger partial charge in [0.2, 0.25) is 0 Å². The SMILES string of the molecule is N.N.OO.[Ti]. The van der Waals surface area contributed by atoms with E-state index in [2.05, 4.69) is 0 Å². The van der Waals surface area contributed by atoms with Gasteiger partial charge in [0, 0.05) is 21.7 Å². The predicted molar refractivity (Wildman–Crippen MR) is 15.3 cm³/mol. The summed E-state index contributed by atoms with van der Waals surface area (Å²) in [5.74, 6) is 0. The second-order valence-electron chi connectivity index (χ2n) is 0. The topological polar surface area (TPSA) is 110 Å². The van der Waals surface area contributed by atoms with Crippen LogP contribution in [0.4, 0.5) is 0 Å². The molecule has 0 aromatic heterocycles. The van der Waals surface area contributed by atoms with Gasteiger partial charge in [-0.25, -0.2) is 0 Å². The molecule has 0 saturated heterocycles. The second kappa shape index (κ2) is 187. The van der Waals surface area contributed by atoms with E-state index in [1.54, 1.807) is 0 Å². The molecule has 0 radical (unpaired) electrons. The molecule has 0 aliphatic rings. The van der Waals surface area contributed by atoms with Crippen LogP contribution in [0.1, 0.15) is 0 Å². The molecular weight excluding hydrogens is 108 g/mol. The van der Waals surface area contributed by atoms with E-state index >= 15 is 0 Å². The molecule has 5 heteroatoms. The van der Waals surface area contributed by atoms with Crippen LogP contribution in [0.25, 0.3) is 0 Å². The summed E-state index contributed by atoms with van der Waals surface area (Å²) in [6.07, 6.45) is 0. The van der Waals surface area contributed by atoms with Crippen LogP contribution in [-0.4, -0.2) is 10.5 Å². The van der Waals surface area contributed by atoms with Gasteiger partial charge in [0.25, 0.3) is 0 Å². The maximum absolute atomic E-state index is 6.00. The van der Waals surface area contributed by atoms with Crippen LogP contribution >= 0.6 is 0 Å². The molecule has 0 atom stereocenters. The Hall–Kier alpha value is 0.554. The molecule has 0 aromatic rings. The summed E-state index contributed by atoms with van der Waals surface area (Å²) >= 11 is 0. The third-order valence-electron chi connectivity index (χ3n) is 0.